The van der Waals surface area contributed by atoms with Crippen LogP contribution in [0.2, 0.25) is 5.02 Å². The van der Waals surface area contributed by atoms with Crippen LogP contribution in [-0.4, -0.2) is 105 Å². The van der Waals surface area contributed by atoms with Crippen molar-refractivity contribution in [2.75, 3.05) is 65.0 Å². The molecule has 3 heterocycles. The van der Waals surface area contributed by atoms with Crippen LogP contribution in [0.3, 0.4) is 0 Å². The summed E-state index contributed by atoms with van der Waals surface area (Å²) < 4.78 is 17.0. The quantitative estimate of drug-likeness (QED) is 0.333. The molecule has 4 amide bonds. The number of anilines is 1. The Morgan fingerprint density at radius 3 is 2.20 bits per heavy atom. The number of likely N-dealkylation sites (tertiary alicyclic amines) is 2. The van der Waals surface area contributed by atoms with Gasteiger partial charge in [0.2, 0.25) is 11.7 Å². The normalized spacial score (nSPS) is 18.5. The third-order valence-electron chi connectivity index (χ3n) is 8.91. The summed E-state index contributed by atoms with van der Waals surface area (Å²) >= 11 is 6.36. The number of rotatable bonds is 10. The lowest BCUT2D eigenvalue weighted by atomic mass is 9.80. The maximum atomic E-state index is 13.4. The Morgan fingerprint density at radius 1 is 0.956 bits per heavy atom. The summed E-state index contributed by atoms with van der Waals surface area (Å²) in [5.74, 6) is 1.71. The van der Waals surface area contributed by atoms with Gasteiger partial charge in [0.15, 0.2) is 11.5 Å². The van der Waals surface area contributed by atoms with Gasteiger partial charge in [0.25, 0.3) is 5.91 Å². The molecule has 12 nitrogen and oxygen atoms in total. The van der Waals surface area contributed by atoms with Gasteiger partial charge >= 0.3 is 13.1 Å². The Hall–Kier alpha value is -3.52. The topological polar surface area (TPSA) is 141 Å². The first kappa shape index (κ1) is 32.9. The van der Waals surface area contributed by atoms with Gasteiger partial charge in [-0.15, -0.1) is 0 Å². The standard InChI is InChI=1S/C31H40BClN4O8/c1-43-26-16-23(32(41)42)17-27(44-2)29(26)45-19-21-5-10-35(11-6-21)18-20-7-12-36(13-8-20)30(39)22-3-4-24(33)25(15-22)37-14-9-28(38)34-31(37)40/h3-4,15-17,20-21,41-42H,5-14,18-19H2,1-2H3,(H,34,38,40). The van der Waals surface area contributed by atoms with Crippen LogP contribution in [-0.2, 0) is 4.79 Å². The predicted molar refractivity (Wildman–Crippen MR) is 170 cm³/mol. The molecule has 0 unspecified atom stereocenters. The summed E-state index contributed by atoms with van der Waals surface area (Å²) in [4.78, 5) is 43.0. The number of urea groups is 1. The van der Waals surface area contributed by atoms with Crippen LogP contribution in [0.5, 0.6) is 17.2 Å². The van der Waals surface area contributed by atoms with Gasteiger partial charge in [0, 0.05) is 38.2 Å². The highest BCUT2D eigenvalue weighted by Crippen LogP contribution is 2.37. The van der Waals surface area contributed by atoms with E-state index >= 15 is 0 Å². The molecule has 0 saturated carbocycles. The second-order valence-corrected chi connectivity index (χ2v) is 12.2. The lowest BCUT2D eigenvalue weighted by molar-refractivity contribution is -0.120. The molecule has 0 aliphatic carbocycles. The summed E-state index contributed by atoms with van der Waals surface area (Å²) in [6.07, 6.45) is 4.01. The van der Waals surface area contributed by atoms with Crippen molar-refractivity contribution in [3.8, 4) is 17.2 Å². The Kier molecular flexibility index (Phi) is 10.7. The van der Waals surface area contributed by atoms with E-state index in [1.165, 1.54) is 31.3 Å². The first-order chi connectivity index (χ1) is 21.7. The number of carbonyl (C=O) groups excluding carboxylic acids is 3. The van der Waals surface area contributed by atoms with Gasteiger partial charge < -0.3 is 34.1 Å². The number of hydrogen-bond donors (Lipinski definition) is 3. The number of amides is 4. The Balaban J connectivity index is 1.08. The molecule has 2 aromatic rings. The number of benzene rings is 2. The maximum absolute atomic E-state index is 13.4. The summed E-state index contributed by atoms with van der Waals surface area (Å²) in [7, 11) is 1.37. The van der Waals surface area contributed by atoms with Crippen LogP contribution in [0, 0.1) is 11.8 Å². The van der Waals surface area contributed by atoms with E-state index in [9.17, 15) is 24.4 Å². The molecule has 0 spiro atoms. The van der Waals surface area contributed by atoms with Crippen LogP contribution >= 0.6 is 11.6 Å². The third kappa shape index (κ3) is 7.83. The van der Waals surface area contributed by atoms with E-state index in [2.05, 4.69) is 10.2 Å². The minimum absolute atomic E-state index is 0.0869. The number of piperidine rings is 2. The minimum Gasteiger partial charge on any atom is -0.493 e. The fraction of sp³-hybridized carbons (Fsp3) is 0.516. The largest absolute Gasteiger partial charge is 0.493 e. The highest BCUT2D eigenvalue weighted by atomic mass is 35.5. The molecular formula is C31H40BClN4O8. The second kappa shape index (κ2) is 14.7. The Bertz CT molecular complexity index is 1370. The number of ether oxygens (including phenoxy) is 3. The van der Waals surface area contributed by atoms with Crippen molar-refractivity contribution in [3.05, 3.63) is 40.9 Å². The summed E-state index contributed by atoms with van der Waals surface area (Å²) in [5.41, 5.74) is 1.16. The lowest BCUT2D eigenvalue weighted by Crippen LogP contribution is -2.49. The number of nitrogens with zero attached hydrogens (tertiary/aromatic N) is 3. The summed E-state index contributed by atoms with van der Waals surface area (Å²) in [6, 6.07) is 7.49. The van der Waals surface area contributed by atoms with Crippen LogP contribution < -0.4 is 29.9 Å². The molecule has 3 fully saturated rings. The smallest absolute Gasteiger partial charge is 0.488 e. The highest BCUT2D eigenvalue weighted by molar-refractivity contribution is 6.58. The third-order valence-corrected chi connectivity index (χ3v) is 9.23. The number of imide groups is 1. The number of nitrogens with one attached hydrogen (secondary N) is 1. The first-order valence-electron chi connectivity index (χ1n) is 15.3. The molecule has 3 aliphatic rings. The van der Waals surface area contributed by atoms with Crippen LogP contribution in [0.15, 0.2) is 30.3 Å². The molecule has 14 heteroatoms. The van der Waals surface area contributed by atoms with Gasteiger partial charge in [0.1, 0.15) is 0 Å². The fourth-order valence-corrected chi connectivity index (χ4v) is 6.46. The number of carbonyl (C=O) groups is 3. The Morgan fingerprint density at radius 2 is 1.60 bits per heavy atom. The lowest BCUT2D eigenvalue weighted by Gasteiger charge is -2.37. The molecule has 45 heavy (non-hydrogen) atoms. The van der Waals surface area contributed by atoms with Crippen molar-refractivity contribution in [2.45, 2.75) is 32.1 Å². The highest BCUT2D eigenvalue weighted by Gasteiger charge is 2.30. The number of halogens is 1. The summed E-state index contributed by atoms with van der Waals surface area (Å²) in [6.45, 7) is 5.00. The first-order valence-corrected chi connectivity index (χ1v) is 15.7. The molecule has 3 N–H and O–H groups in total. The molecule has 5 rings (SSSR count). The maximum Gasteiger partial charge on any atom is 0.488 e. The van der Waals surface area contributed by atoms with Crippen molar-refractivity contribution >= 4 is 47.7 Å². The molecule has 0 atom stereocenters. The molecule has 0 radical (unpaired) electrons. The van der Waals surface area contributed by atoms with Gasteiger partial charge in [-0.2, -0.15) is 0 Å². The molecule has 3 saturated heterocycles. The van der Waals surface area contributed by atoms with Gasteiger partial charge in [0.05, 0.1) is 31.5 Å². The van der Waals surface area contributed by atoms with Crippen LogP contribution in [0.4, 0.5) is 10.5 Å². The molecule has 0 bridgehead atoms. The zero-order valence-electron chi connectivity index (χ0n) is 25.7. The van der Waals surface area contributed by atoms with Gasteiger partial charge in [-0.25, -0.2) is 4.79 Å². The predicted octanol–water partition coefficient (Wildman–Crippen LogP) is 2.13. The number of methoxy groups -OCH3 is 2. The zero-order valence-corrected chi connectivity index (χ0v) is 26.4. The van der Waals surface area contributed by atoms with E-state index < -0.39 is 13.1 Å². The molecule has 242 valence electrons. The van der Waals surface area contributed by atoms with Crippen molar-refractivity contribution < 1.29 is 38.6 Å². The van der Waals surface area contributed by atoms with Crippen molar-refractivity contribution in [2.24, 2.45) is 11.8 Å². The van der Waals surface area contributed by atoms with E-state index in [4.69, 9.17) is 25.8 Å². The van der Waals surface area contributed by atoms with E-state index in [-0.39, 0.29) is 30.2 Å². The van der Waals surface area contributed by atoms with E-state index in [1.807, 2.05) is 4.90 Å². The average molecular weight is 643 g/mol. The number of hydrogen-bond acceptors (Lipinski definition) is 9. The van der Waals surface area contributed by atoms with E-state index in [0.29, 0.717) is 65.1 Å². The van der Waals surface area contributed by atoms with Gasteiger partial charge in [-0.05, 0) is 86.4 Å². The molecule has 2 aromatic carbocycles. The molecule has 0 aromatic heterocycles. The van der Waals surface area contributed by atoms with E-state index in [0.717, 1.165) is 45.3 Å². The van der Waals surface area contributed by atoms with Gasteiger partial charge in [-0.3, -0.25) is 19.8 Å². The zero-order chi connectivity index (χ0) is 32.1. The van der Waals surface area contributed by atoms with Crippen LogP contribution in [0.1, 0.15) is 42.5 Å². The minimum atomic E-state index is -1.64. The van der Waals surface area contributed by atoms with Crippen LogP contribution in [0.25, 0.3) is 0 Å². The molecular weight excluding hydrogens is 603 g/mol. The van der Waals surface area contributed by atoms with Crippen molar-refractivity contribution in [1.82, 2.24) is 15.1 Å². The van der Waals surface area contributed by atoms with Gasteiger partial charge in [-0.1, -0.05) is 11.6 Å². The second-order valence-electron chi connectivity index (χ2n) is 11.8. The van der Waals surface area contributed by atoms with Crippen molar-refractivity contribution in [3.63, 3.8) is 0 Å². The van der Waals surface area contributed by atoms with E-state index in [1.54, 1.807) is 18.2 Å². The average Bonchev–Trinajstić information content (AvgIpc) is 3.04. The fourth-order valence-electron chi connectivity index (χ4n) is 6.24. The SMILES string of the molecule is COc1cc(B(O)O)cc(OC)c1OCC1CCN(CC2CCN(C(=O)c3ccc(Cl)c(N4CCC(=O)NC4=O)c3)CC2)CC1. The summed E-state index contributed by atoms with van der Waals surface area (Å²) in [5, 5.41) is 21.7. The monoisotopic (exact) mass is 642 g/mol. The Labute approximate surface area is 268 Å². The van der Waals surface area contributed by atoms with Crippen molar-refractivity contribution in [1.29, 1.82) is 0 Å². The molecule has 3 aliphatic heterocycles.